The summed E-state index contributed by atoms with van der Waals surface area (Å²) in [6.45, 7) is 0. The minimum absolute atomic E-state index is 1.14. The van der Waals surface area contributed by atoms with Crippen LogP contribution in [-0.4, -0.2) is 18.5 Å². The molecule has 0 radical (unpaired) electrons. The summed E-state index contributed by atoms with van der Waals surface area (Å²) in [6, 6.07) is 10.4. The molecule has 0 saturated heterocycles. The Morgan fingerprint density at radius 2 is 1.70 bits per heavy atom. The molecule has 9 heteroatoms. The molecule has 0 aliphatic rings. The first-order valence-corrected chi connectivity index (χ1v) is 7.29. The Balaban J connectivity index is 0.000000221. The van der Waals surface area contributed by atoms with Crippen molar-refractivity contribution < 1.29 is 30.7 Å². The van der Waals surface area contributed by atoms with Gasteiger partial charge in [-0.1, -0.05) is 6.07 Å². The summed E-state index contributed by atoms with van der Waals surface area (Å²) in [6.07, 6.45) is 2.05. The second kappa shape index (κ2) is 6.06. The SMILES string of the molecule is C[n+]1cccc2cccc(Br)c21.O=S(=O)([O-])C(F)(F)F. The highest BCUT2D eigenvalue weighted by Gasteiger charge is 2.36. The molecule has 0 atom stereocenters. The third-order valence-corrected chi connectivity index (χ3v) is 3.45. The molecule has 2 aromatic rings. The second-order valence-electron chi connectivity index (χ2n) is 3.70. The third kappa shape index (κ3) is 4.15. The Morgan fingerprint density at radius 1 is 1.20 bits per heavy atom. The molecule has 4 nitrogen and oxygen atoms in total. The van der Waals surface area contributed by atoms with E-state index in [1.54, 1.807) is 0 Å². The average molecular weight is 372 g/mol. The fourth-order valence-corrected chi connectivity index (χ4v) is 2.05. The molecule has 1 aromatic carbocycles. The molecule has 0 saturated carbocycles. The smallest absolute Gasteiger partial charge is 0.485 e. The van der Waals surface area contributed by atoms with Crippen LogP contribution in [0, 0.1) is 0 Å². The Morgan fingerprint density at radius 3 is 2.15 bits per heavy atom. The number of rotatable bonds is 0. The predicted molar refractivity (Wildman–Crippen MR) is 68.6 cm³/mol. The lowest BCUT2D eigenvalue weighted by molar-refractivity contribution is -0.645. The van der Waals surface area contributed by atoms with Crippen LogP contribution in [0.2, 0.25) is 0 Å². The second-order valence-corrected chi connectivity index (χ2v) is 5.92. The van der Waals surface area contributed by atoms with Gasteiger partial charge in [-0.05, 0) is 34.1 Å². The fraction of sp³-hybridized carbons (Fsp3) is 0.182. The van der Waals surface area contributed by atoms with Crippen LogP contribution in [0.25, 0.3) is 10.9 Å². The van der Waals surface area contributed by atoms with Gasteiger partial charge in [-0.25, -0.2) is 13.0 Å². The Labute approximate surface area is 121 Å². The molecule has 110 valence electrons. The molecular weight excluding hydrogens is 363 g/mol. The number of aromatic nitrogens is 1. The topological polar surface area (TPSA) is 61.1 Å². The molecule has 0 N–H and O–H groups in total. The molecule has 0 bridgehead atoms. The van der Waals surface area contributed by atoms with Crippen molar-refractivity contribution in [3.63, 3.8) is 0 Å². The first-order chi connectivity index (χ1) is 9.04. The molecule has 0 unspecified atom stereocenters. The number of hydrogen-bond donors (Lipinski definition) is 0. The maximum absolute atomic E-state index is 10.7. The van der Waals surface area contributed by atoms with Crippen molar-refractivity contribution in [2.24, 2.45) is 7.05 Å². The zero-order valence-electron chi connectivity index (χ0n) is 10.1. The van der Waals surface area contributed by atoms with Gasteiger partial charge in [-0.3, -0.25) is 0 Å². The van der Waals surface area contributed by atoms with Gasteiger partial charge in [0.2, 0.25) is 5.52 Å². The van der Waals surface area contributed by atoms with Gasteiger partial charge in [0.25, 0.3) is 0 Å². The Kier molecular flexibility index (Phi) is 5.11. The molecule has 0 aliphatic carbocycles. The number of halogens is 4. The monoisotopic (exact) mass is 371 g/mol. The van der Waals surface area contributed by atoms with E-state index in [1.807, 2.05) is 19.3 Å². The Hall–Kier alpha value is -1.19. The van der Waals surface area contributed by atoms with Gasteiger partial charge in [0.15, 0.2) is 16.3 Å². The summed E-state index contributed by atoms with van der Waals surface area (Å²) in [5, 5.41) is 1.26. The first kappa shape index (κ1) is 16.9. The molecule has 0 amide bonds. The number of hydrogen-bond acceptors (Lipinski definition) is 3. The van der Waals surface area contributed by atoms with E-state index >= 15 is 0 Å². The van der Waals surface area contributed by atoms with Crippen LogP contribution >= 0.6 is 15.9 Å². The maximum Gasteiger partial charge on any atom is 0.485 e. The quantitative estimate of drug-likeness (QED) is 0.406. The van der Waals surface area contributed by atoms with Crippen LogP contribution in [0.1, 0.15) is 0 Å². The largest absolute Gasteiger partial charge is 0.741 e. The van der Waals surface area contributed by atoms with Crippen LogP contribution in [-0.2, 0) is 17.2 Å². The third-order valence-electron chi connectivity index (χ3n) is 2.24. The average Bonchev–Trinajstić information content (AvgIpc) is 2.27. The van der Waals surface area contributed by atoms with E-state index in [0.717, 1.165) is 4.47 Å². The zero-order valence-corrected chi connectivity index (χ0v) is 12.5. The molecule has 1 heterocycles. The molecule has 0 aliphatic heterocycles. The number of pyridine rings is 1. The highest BCUT2D eigenvalue weighted by atomic mass is 79.9. The van der Waals surface area contributed by atoms with Crippen molar-refractivity contribution in [1.82, 2.24) is 0 Å². The van der Waals surface area contributed by atoms with E-state index in [2.05, 4.69) is 44.8 Å². The van der Waals surface area contributed by atoms with Crippen LogP contribution in [0.4, 0.5) is 13.2 Å². The highest BCUT2D eigenvalue weighted by Crippen LogP contribution is 2.20. The van der Waals surface area contributed by atoms with Gasteiger partial charge >= 0.3 is 5.51 Å². The number of para-hydroxylation sites is 1. The standard InChI is InChI=1S/C10H9BrN.CHF3O3S/c1-12-7-3-5-8-4-2-6-9(11)10(8)12;2-1(3,4)8(5,6)7/h2-7H,1H3;(H,5,6,7)/q+1;/p-1. The number of benzene rings is 1. The van der Waals surface area contributed by atoms with Gasteiger partial charge in [0.05, 0.1) is 4.47 Å². The lowest BCUT2D eigenvalue weighted by atomic mass is 10.2. The predicted octanol–water partition coefficient (Wildman–Crippen LogP) is 2.48. The summed E-state index contributed by atoms with van der Waals surface area (Å²) in [4.78, 5) is 0. The summed E-state index contributed by atoms with van der Waals surface area (Å²) in [5.74, 6) is 0. The van der Waals surface area contributed by atoms with Crippen molar-refractivity contribution in [3.05, 3.63) is 41.0 Å². The fourth-order valence-electron chi connectivity index (χ4n) is 1.39. The van der Waals surface area contributed by atoms with Gasteiger partial charge in [0.1, 0.15) is 7.05 Å². The van der Waals surface area contributed by atoms with Crippen molar-refractivity contribution in [3.8, 4) is 0 Å². The number of aryl methyl sites for hydroxylation is 1. The lowest BCUT2D eigenvalue weighted by Crippen LogP contribution is -2.28. The van der Waals surface area contributed by atoms with E-state index in [9.17, 15) is 13.2 Å². The normalized spacial score (nSPS) is 11.9. The van der Waals surface area contributed by atoms with Crippen LogP contribution in [0.3, 0.4) is 0 Å². The van der Waals surface area contributed by atoms with Crippen molar-refractivity contribution in [2.45, 2.75) is 5.51 Å². The summed E-state index contributed by atoms with van der Waals surface area (Å²) < 4.78 is 62.2. The molecule has 0 spiro atoms. The van der Waals surface area contributed by atoms with Crippen LogP contribution in [0.5, 0.6) is 0 Å². The van der Waals surface area contributed by atoms with Gasteiger partial charge in [-0.2, -0.15) is 13.2 Å². The first-order valence-electron chi connectivity index (χ1n) is 5.09. The Bertz CT molecular complexity index is 680. The van der Waals surface area contributed by atoms with Crippen molar-refractivity contribution in [1.29, 1.82) is 0 Å². The van der Waals surface area contributed by atoms with Gasteiger partial charge in [0, 0.05) is 11.5 Å². The van der Waals surface area contributed by atoms with E-state index < -0.39 is 15.6 Å². The summed E-state index contributed by atoms with van der Waals surface area (Å²) in [5.41, 5.74) is -4.41. The molecule has 20 heavy (non-hydrogen) atoms. The van der Waals surface area contributed by atoms with E-state index in [-0.39, 0.29) is 0 Å². The van der Waals surface area contributed by atoms with Crippen LogP contribution < -0.4 is 4.57 Å². The molecular formula is C11H9BrF3NO3S. The van der Waals surface area contributed by atoms with Gasteiger partial charge < -0.3 is 4.55 Å². The van der Waals surface area contributed by atoms with E-state index in [4.69, 9.17) is 13.0 Å². The van der Waals surface area contributed by atoms with Crippen molar-refractivity contribution >= 4 is 37.0 Å². The molecule has 2 rings (SSSR count). The summed E-state index contributed by atoms with van der Waals surface area (Å²) >= 11 is 3.53. The number of nitrogens with zero attached hydrogens (tertiary/aromatic N) is 1. The van der Waals surface area contributed by atoms with E-state index in [1.165, 1.54) is 10.9 Å². The minimum Gasteiger partial charge on any atom is -0.741 e. The molecule has 0 fully saturated rings. The minimum atomic E-state index is -6.09. The number of alkyl halides is 3. The summed E-state index contributed by atoms with van der Waals surface area (Å²) in [7, 11) is -4.04. The van der Waals surface area contributed by atoms with Gasteiger partial charge in [-0.15, -0.1) is 0 Å². The lowest BCUT2D eigenvalue weighted by Gasteiger charge is -2.08. The zero-order chi connectivity index (χ0) is 15.6. The molecule has 1 aromatic heterocycles. The van der Waals surface area contributed by atoms with Crippen LogP contribution in [0.15, 0.2) is 41.0 Å². The van der Waals surface area contributed by atoms with E-state index in [0.29, 0.717) is 0 Å². The number of fused-ring (bicyclic) bond motifs is 1. The maximum atomic E-state index is 10.7. The van der Waals surface area contributed by atoms with Crippen molar-refractivity contribution in [2.75, 3.05) is 0 Å². The highest BCUT2D eigenvalue weighted by molar-refractivity contribution is 9.10.